The molecule has 1 aromatic rings. The number of ether oxygens (including phenoxy) is 3. The van der Waals surface area contributed by atoms with E-state index in [0.717, 1.165) is 13.0 Å². The Labute approximate surface area is 98.7 Å². The fourth-order valence-electron chi connectivity index (χ4n) is 1.47. The summed E-state index contributed by atoms with van der Waals surface area (Å²) in [5.74, 6) is 0.992. The Morgan fingerprint density at radius 1 is 1.56 bits per heavy atom. The molecule has 0 spiro atoms. The van der Waals surface area contributed by atoms with E-state index in [1.165, 1.54) is 0 Å². The van der Waals surface area contributed by atoms with Crippen LogP contribution in [-0.4, -0.2) is 36.4 Å². The van der Waals surface area contributed by atoms with Gasteiger partial charge in [0.1, 0.15) is 17.9 Å². The second-order valence-electron chi connectivity index (χ2n) is 3.48. The van der Waals surface area contributed by atoms with Crippen molar-refractivity contribution in [2.24, 2.45) is 0 Å². The lowest BCUT2D eigenvalue weighted by molar-refractivity contribution is 0.136. The molecule has 0 saturated carbocycles. The maximum absolute atomic E-state index is 5.85. The number of aromatic nitrogens is 2. The van der Waals surface area contributed by atoms with Gasteiger partial charge in [-0.15, -0.1) is 0 Å². The lowest BCUT2D eigenvalue weighted by Crippen LogP contribution is -2.17. The Hall–Kier alpha value is -0.910. The first-order valence-corrected chi connectivity index (χ1v) is 5.42. The van der Waals surface area contributed by atoms with Gasteiger partial charge in [0, 0.05) is 19.6 Å². The molecule has 88 valence electrons. The van der Waals surface area contributed by atoms with E-state index in [2.05, 4.69) is 9.97 Å². The third-order valence-corrected chi connectivity index (χ3v) is 2.36. The predicted molar refractivity (Wildman–Crippen MR) is 57.6 cm³/mol. The Kier molecular flexibility index (Phi) is 3.93. The van der Waals surface area contributed by atoms with Crippen LogP contribution in [0.25, 0.3) is 0 Å². The minimum atomic E-state index is 0.0568. The van der Waals surface area contributed by atoms with Gasteiger partial charge in [-0.1, -0.05) is 11.6 Å². The molecule has 2 rings (SSSR count). The Balaban J connectivity index is 2.06. The number of hydrogen-bond acceptors (Lipinski definition) is 5. The van der Waals surface area contributed by atoms with Crippen LogP contribution in [-0.2, 0) is 16.1 Å². The van der Waals surface area contributed by atoms with Crippen LogP contribution >= 0.6 is 11.6 Å². The van der Waals surface area contributed by atoms with Crippen LogP contribution in [0.2, 0.25) is 5.15 Å². The molecule has 2 heterocycles. The van der Waals surface area contributed by atoms with Crippen molar-refractivity contribution in [3.63, 3.8) is 0 Å². The molecule has 0 amide bonds. The minimum Gasteiger partial charge on any atom is -0.472 e. The van der Waals surface area contributed by atoms with Crippen LogP contribution in [0.5, 0.6) is 5.88 Å². The summed E-state index contributed by atoms with van der Waals surface area (Å²) in [5.41, 5.74) is 0. The Bertz CT molecular complexity index is 356. The molecule has 1 fully saturated rings. The van der Waals surface area contributed by atoms with E-state index in [1.54, 1.807) is 13.2 Å². The zero-order chi connectivity index (χ0) is 11.4. The molecule has 0 aromatic carbocycles. The fourth-order valence-corrected chi connectivity index (χ4v) is 1.66. The molecule has 1 atom stereocenters. The first kappa shape index (κ1) is 11.6. The third kappa shape index (κ3) is 3.04. The summed E-state index contributed by atoms with van der Waals surface area (Å²) in [5, 5.41) is 0.357. The van der Waals surface area contributed by atoms with Crippen molar-refractivity contribution in [1.82, 2.24) is 9.97 Å². The zero-order valence-electron chi connectivity index (χ0n) is 8.98. The third-order valence-electron chi connectivity index (χ3n) is 2.17. The van der Waals surface area contributed by atoms with Gasteiger partial charge in [0.25, 0.3) is 0 Å². The molecule has 1 aliphatic rings. The van der Waals surface area contributed by atoms with Crippen molar-refractivity contribution >= 4 is 11.6 Å². The van der Waals surface area contributed by atoms with Crippen LogP contribution in [0, 0.1) is 0 Å². The molecule has 0 bridgehead atoms. The van der Waals surface area contributed by atoms with Crippen molar-refractivity contribution < 1.29 is 14.2 Å². The van der Waals surface area contributed by atoms with E-state index in [1.807, 2.05) is 0 Å². The normalized spacial score (nSPS) is 20.0. The number of nitrogens with zero attached hydrogens (tertiary/aromatic N) is 2. The zero-order valence-corrected chi connectivity index (χ0v) is 9.74. The first-order chi connectivity index (χ1) is 7.78. The molecule has 6 heteroatoms. The van der Waals surface area contributed by atoms with E-state index >= 15 is 0 Å². The number of halogens is 1. The van der Waals surface area contributed by atoms with Gasteiger partial charge in [-0.3, -0.25) is 0 Å². The fraction of sp³-hybridized carbons (Fsp3) is 0.600. The first-order valence-electron chi connectivity index (χ1n) is 5.04. The van der Waals surface area contributed by atoms with Gasteiger partial charge in [-0.25, -0.2) is 4.98 Å². The molecule has 1 aliphatic heterocycles. The van der Waals surface area contributed by atoms with Crippen molar-refractivity contribution in [2.45, 2.75) is 19.1 Å². The standard InChI is InChI=1S/C10H13ClN2O3/c1-14-6-9-12-8(11)4-10(13-9)16-7-2-3-15-5-7/h4,7H,2-3,5-6H2,1H3. The van der Waals surface area contributed by atoms with E-state index in [-0.39, 0.29) is 6.10 Å². The van der Waals surface area contributed by atoms with Gasteiger partial charge in [0.2, 0.25) is 5.88 Å². The summed E-state index contributed by atoms with van der Waals surface area (Å²) in [7, 11) is 1.58. The van der Waals surface area contributed by atoms with Gasteiger partial charge >= 0.3 is 0 Å². The quantitative estimate of drug-likeness (QED) is 0.751. The van der Waals surface area contributed by atoms with Gasteiger partial charge in [-0.05, 0) is 0 Å². The highest BCUT2D eigenvalue weighted by molar-refractivity contribution is 6.29. The van der Waals surface area contributed by atoms with Crippen LogP contribution in [0.1, 0.15) is 12.2 Å². The second kappa shape index (κ2) is 5.43. The highest BCUT2D eigenvalue weighted by Crippen LogP contribution is 2.18. The number of hydrogen-bond donors (Lipinski definition) is 0. The van der Waals surface area contributed by atoms with Crippen molar-refractivity contribution in [3.8, 4) is 5.88 Å². The largest absolute Gasteiger partial charge is 0.472 e. The van der Waals surface area contributed by atoms with Gasteiger partial charge in [0.15, 0.2) is 5.82 Å². The summed E-state index contributed by atoms with van der Waals surface area (Å²) in [4.78, 5) is 8.20. The number of rotatable bonds is 4. The summed E-state index contributed by atoms with van der Waals surface area (Å²) >= 11 is 5.85. The second-order valence-corrected chi connectivity index (χ2v) is 3.87. The monoisotopic (exact) mass is 244 g/mol. The molecule has 1 unspecified atom stereocenters. The highest BCUT2D eigenvalue weighted by Gasteiger charge is 2.18. The summed E-state index contributed by atoms with van der Waals surface area (Å²) in [6.07, 6.45) is 0.933. The number of methoxy groups -OCH3 is 1. The molecule has 0 aliphatic carbocycles. The predicted octanol–water partition coefficient (Wildman–Crippen LogP) is 1.44. The molecule has 0 N–H and O–H groups in total. The molecular formula is C10H13ClN2O3. The molecule has 1 aromatic heterocycles. The summed E-state index contributed by atoms with van der Waals surface area (Å²) < 4.78 is 15.8. The Morgan fingerprint density at radius 2 is 2.44 bits per heavy atom. The summed E-state index contributed by atoms with van der Waals surface area (Å²) in [6.45, 7) is 1.65. The van der Waals surface area contributed by atoms with Gasteiger partial charge in [0.05, 0.1) is 13.2 Å². The van der Waals surface area contributed by atoms with Gasteiger partial charge < -0.3 is 14.2 Å². The van der Waals surface area contributed by atoms with E-state index in [4.69, 9.17) is 25.8 Å². The van der Waals surface area contributed by atoms with Crippen LogP contribution < -0.4 is 4.74 Å². The average molecular weight is 245 g/mol. The topological polar surface area (TPSA) is 53.5 Å². The molecule has 0 radical (unpaired) electrons. The van der Waals surface area contributed by atoms with Crippen molar-refractivity contribution in [3.05, 3.63) is 17.0 Å². The molecule has 16 heavy (non-hydrogen) atoms. The van der Waals surface area contributed by atoms with E-state index in [9.17, 15) is 0 Å². The summed E-state index contributed by atoms with van der Waals surface area (Å²) in [6, 6.07) is 1.60. The highest BCUT2D eigenvalue weighted by atomic mass is 35.5. The molecular weight excluding hydrogens is 232 g/mol. The van der Waals surface area contributed by atoms with Crippen molar-refractivity contribution in [1.29, 1.82) is 0 Å². The van der Waals surface area contributed by atoms with Crippen LogP contribution in [0.3, 0.4) is 0 Å². The Morgan fingerprint density at radius 3 is 3.12 bits per heavy atom. The maximum Gasteiger partial charge on any atom is 0.218 e. The average Bonchev–Trinajstić information content (AvgIpc) is 2.70. The van der Waals surface area contributed by atoms with Gasteiger partial charge in [-0.2, -0.15) is 4.98 Å². The van der Waals surface area contributed by atoms with Crippen LogP contribution in [0.4, 0.5) is 0 Å². The smallest absolute Gasteiger partial charge is 0.218 e. The lowest BCUT2D eigenvalue weighted by Gasteiger charge is -2.11. The van der Waals surface area contributed by atoms with E-state index < -0.39 is 0 Å². The van der Waals surface area contributed by atoms with Crippen molar-refractivity contribution in [2.75, 3.05) is 20.3 Å². The lowest BCUT2D eigenvalue weighted by atomic mass is 10.3. The minimum absolute atomic E-state index is 0.0568. The molecule has 5 nitrogen and oxygen atoms in total. The SMILES string of the molecule is COCc1nc(Cl)cc(OC2CCOC2)n1. The van der Waals surface area contributed by atoms with Crippen LogP contribution in [0.15, 0.2) is 6.07 Å². The maximum atomic E-state index is 5.85. The molecule has 1 saturated heterocycles. The van der Waals surface area contributed by atoms with E-state index in [0.29, 0.717) is 30.1 Å².